The number of rotatable bonds is 8. The summed E-state index contributed by atoms with van der Waals surface area (Å²) < 4.78 is 1.95. The molecule has 0 saturated heterocycles. The second-order valence-electron chi connectivity index (χ2n) is 6.08. The quantitative estimate of drug-likeness (QED) is 0.596. The minimum atomic E-state index is -0.850. The van der Waals surface area contributed by atoms with E-state index in [0.29, 0.717) is 13.0 Å². The van der Waals surface area contributed by atoms with Crippen LogP contribution in [0.2, 0.25) is 0 Å². The molecule has 2 N–H and O–H groups in total. The molecule has 3 aromatic rings. The molecule has 2 heterocycles. The van der Waals surface area contributed by atoms with Gasteiger partial charge < -0.3 is 10.4 Å². The number of aromatic nitrogens is 2. The molecule has 0 unspecified atom stereocenters. The molecular weight excluding hydrogens is 350 g/mol. The fourth-order valence-corrected chi connectivity index (χ4v) is 3.57. The molecule has 136 valence electrons. The van der Waals surface area contributed by atoms with Crippen LogP contribution in [0.15, 0.2) is 35.8 Å². The van der Waals surface area contributed by atoms with Crippen LogP contribution in [0, 0.1) is 0 Å². The van der Waals surface area contributed by atoms with Gasteiger partial charge in [-0.1, -0.05) is 31.2 Å². The molecule has 0 atom stereocenters. The topological polar surface area (TPSA) is 83.7 Å². The Balaban J connectivity index is 1.67. The van der Waals surface area contributed by atoms with Gasteiger partial charge in [0.1, 0.15) is 0 Å². The van der Waals surface area contributed by atoms with E-state index in [-0.39, 0.29) is 18.7 Å². The zero-order valence-corrected chi connectivity index (χ0v) is 15.4. The summed E-state index contributed by atoms with van der Waals surface area (Å²) >= 11 is 1.51. The standard InChI is InChI=1S/C19H21N3O3S/c1-2-13-5-7-14(8-6-13)16-11-22-15(12-26-19(22)21-16)10-17(23)20-9-3-4-18(24)25/h5-8,11-12H,2-4,9-10H2,1H3,(H,20,23)(H,24,25). The molecule has 0 aliphatic heterocycles. The van der Waals surface area contributed by atoms with Crippen LogP contribution in [0.4, 0.5) is 0 Å². The summed E-state index contributed by atoms with van der Waals surface area (Å²) in [6.45, 7) is 2.50. The number of hydrogen-bond acceptors (Lipinski definition) is 4. The second kappa shape index (κ2) is 8.14. The van der Waals surface area contributed by atoms with Gasteiger partial charge in [-0.2, -0.15) is 0 Å². The number of benzene rings is 1. The summed E-state index contributed by atoms with van der Waals surface area (Å²) in [5.41, 5.74) is 4.12. The maximum absolute atomic E-state index is 12.1. The number of amides is 1. The number of nitrogens with zero attached hydrogens (tertiary/aromatic N) is 2. The number of aliphatic carboxylic acids is 1. The average Bonchev–Trinajstić information content (AvgIpc) is 3.21. The third-order valence-corrected chi connectivity index (χ3v) is 5.06. The molecule has 7 heteroatoms. The molecule has 0 radical (unpaired) electrons. The molecule has 0 spiro atoms. The Morgan fingerprint density at radius 1 is 1.27 bits per heavy atom. The van der Waals surface area contributed by atoms with Gasteiger partial charge in [0, 0.05) is 35.8 Å². The van der Waals surface area contributed by atoms with Crippen LogP contribution in [0.1, 0.15) is 31.0 Å². The minimum Gasteiger partial charge on any atom is -0.481 e. The molecular formula is C19H21N3O3S. The van der Waals surface area contributed by atoms with E-state index in [1.807, 2.05) is 16.0 Å². The lowest BCUT2D eigenvalue weighted by molar-refractivity contribution is -0.137. The Hall–Kier alpha value is -2.67. The van der Waals surface area contributed by atoms with E-state index in [4.69, 9.17) is 5.11 Å². The lowest BCUT2D eigenvalue weighted by Crippen LogP contribution is -2.26. The highest BCUT2D eigenvalue weighted by molar-refractivity contribution is 7.15. The highest BCUT2D eigenvalue weighted by Crippen LogP contribution is 2.24. The molecule has 6 nitrogen and oxygen atoms in total. The summed E-state index contributed by atoms with van der Waals surface area (Å²) in [5.74, 6) is -0.964. The Labute approximate surface area is 155 Å². The number of hydrogen-bond donors (Lipinski definition) is 2. The van der Waals surface area contributed by atoms with E-state index in [1.54, 1.807) is 0 Å². The number of thiazole rings is 1. The smallest absolute Gasteiger partial charge is 0.303 e. The molecule has 0 saturated carbocycles. The summed E-state index contributed by atoms with van der Waals surface area (Å²) in [5, 5.41) is 13.3. The van der Waals surface area contributed by atoms with Gasteiger partial charge >= 0.3 is 5.97 Å². The number of aryl methyl sites for hydroxylation is 1. The normalized spacial score (nSPS) is 11.0. The first kappa shape index (κ1) is 18.1. The maximum Gasteiger partial charge on any atom is 0.303 e. The lowest BCUT2D eigenvalue weighted by Gasteiger charge is -2.03. The number of imidazole rings is 1. The van der Waals surface area contributed by atoms with Crippen molar-refractivity contribution in [1.82, 2.24) is 14.7 Å². The van der Waals surface area contributed by atoms with Gasteiger partial charge in [0.05, 0.1) is 12.1 Å². The summed E-state index contributed by atoms with van der Waals surface area (Å²) in [4.78, 5) is 28.0. The Kier molecular flexibility index (Phi) is 5.68. The van der Waals surface area contributed by atoms with E-state index in [2.05, 4.69) is 41.5 Å². The van der Waals surface area contributed by atoms with Crippen LogP contribution in [0.25, 0.3) is 16.2 Å². The molecule has 0 aliphatic carbocycles. The molecule has 1 aromatic carbocycles. The molecule has 3 rings (SSSR count). The second-order valence-corrected chi connectivity index (χ2v) is 6.92. The molecule has 0 fully saturated rings. The van der Waals surface area contributed by atoms with Crippen LogP contribution in [-0.4, -0.2) is 32.9 Å². The van der Waals surface area contributed by atoms with Gasteiger partial charge in [-0.05, 0) is 18.4 Å². The van der Waals surface area contributed by atoms with E-state index in [9.17, 15) is 9.59 Å². The number of carbonyl (C=O) groups is 2. The zero-order valence-electron chi connectivity index (χ0n) is 14.6. The number of carboxylic acid groups (broad SMARTS) is 1. The van der Waals surface area contributed by atoms with Crippen LogP contribution < -0.4 is 5.32 Å². The van der Waals surface area contributed by atoms with Crippen molar-refractivity contribution in [2.24, 2.45) is 0 Å². The Morgan fingerprint density at radius 3 is 2.73 bits per heavy atom. The van der Waals surface area contributed by atoms with Crippen molar-refractivity contribution in [3.63, 3.8) is 0 Å². The maximum atomic E-state index is 12.1. The van der Waals surface area contributed by atoms with Crippen molar-refractivity contribution in [2.45, 2.75) is 32.6 Å². The molecule has 0 bridgehead atoms. The highest BCUT2D eigenvalue weighted by atomic mass is 32.1. The first-order valence-corrected chi connectivity index (χ1v) is 9.48. The van der Waals surface area contributed by atoms with Crippen LogP contribution in [0.3, 0.4) is 0 Å². The van der Waals surface area contributed by atoms with Crippen molar-refractivity contribution in [3.8, 4) is 11.3 Å². The third kappa shape index (κ3) is 4.29. The van der Waals surface area contributed by atoms with Crippen molar-refractivity contribution < 1.29 is 14.7 Å². The third-order valence-electron chi connectivity index (χ3n) is 4.17. The number of carboxylic acids is 1. The van der Waals surface area contributed by atoms with Crippen molar-refractivity contribution in [1.29, 1.82) is 0 Å². The van der Waals surface area contributed by atoms with Crippen LogP contribution in [0.5, 0.6) is 0 Å². The predicted molar refractivity (Wildman–Crippen MR) is 101 cm³/mol. The van der Waals surface area contributed by atoms with Crippen molar-refractivity contribution in [2.75, 3.05) is 6.54 Å². The van der Waals surface area contributed by atoms with Gasteiger partial charge in [-0.25, -0.2) is 4.98 Å². The average molecular weight is 371 g/mol. The van der Waals surface area contributed by atoms with Gasteiger partial charge in [-0.3, -0.25) is 14.0 Å². The van der Waals surface area contributed by atoms with Crippen molar-refractivity contribution in [3.05, 3.63) is 47.1 Å². The first-order valence-electron chi connectivity index (χ1n) is 8.60. The van der Waals surface area contributed by atoms with Gasteiger partial charge in [0.25, 0.3) is 0 Å². The molecule has 2 aromatic heterocycles. The largest absolute Gasteiger partial charge is 0.481 e. The van der Waals surface area contributed by atoms with Crippen molar-refractivity contribution >= 4 is 28.2 Å². The van der Waals surface area contributed by atoms with E-state index in [1.165, 1.54) is 16.9 Å². The molecule has 0 aliphatic rings. The van der Waals surface area contributed by atoms with E-state index < -0.39 is 5.97 Å². The Morgan fingerprint density at radius 2 is 2.04 bits per heavy atom. The molecule has 26 heavy (non-hydrogen) atoms. The fourth-order valence-electron chi connectivity index (χ4n) is 2.70. The SMILES string of the molecule is CCc1ccc(-c2cn3c(CC(=O)NCCCC(=O)O)csc3n2)cc1. The van der Waals surface area contributed by atoms with E-state index >= 15 is 0 Å². The Bertz CT molecular complexity index is 912. The zero-order chi connectivity index (χ0) is 18.5. The number of carbonyl (C=O) groups excluding carboxylic acids is 1. The van der Waals surface area contributed by atoms with Gasteiger partial charge in [-0.15, -0.1) is 11.3 Å². The van der Waals surface area contributed by atoms with Gasteiger partial charge in [0.2, 0.25) is 5.91 Å². The summed E-state index contributed by atoms with van der Waals surface area (Å²) in [6.07, 6.45) is 3.70. The highest BCUT2D eigenvalue weighted by Gasteiger charge is 2.12. The fraction of sp³-hybridized carbons (Fsp3) is 0.316. The van der Waals surface area contributed by atoms with E-state index in [0.717, 1.165) is 28.3 Å². The first-order chi connectivity index (χ1) is 12.6. The monoisotopic (exact) mass is 371 g/mol. The molecule has 1 amide bonds. The van der Waals surface area contributed by atoms with Crippen LogP contribution in [-0.2, 0) is 22.4 Å². The predicted octanol–water partition coefficient (Wildman–Crippen LogP) is 3.15. The summed E-state index contributed by atoms with van der Waals surface area (Å²) in [6, 6.07) is 8.35. The van der Waals surface area contributed by atoms with Gasteiger partial charge in [0.15, 0.2) is 4.96 Å². The summed E-state index contributed by atoms with van der Waals surface area (Å²) in [7, 11) is 0. The van der Waals surface area contributed by atoms with Crippen LogP contribution >= 0.6 is 11.3 Å². The number of nitrogens with one attached hydrogen (secondary N) is 1. The number of fused-ring (bicyclic) bond motifs is 1. The minimum absolute atomic E-state index is 0.0602. The lowest BCUT2D eigenvalue weighted by atomic mass is 10.1.